The predicted octanol–water partition coefficient (Wildman–Crippen LogP) is 2.01. The topological polar surface area (TPSA) is 42.4 Å². The molecule has 1 amide bonds. The van der Waals surface area contributed by atoms with Crippen molar-refractivity contribution in [1.82, 2.24) is 9.88 Å². The van der Waals surface area contributed by atoms with Crippen LogP contribution >= 0.6 is 11.8 Å². The van der Waals surface area contributed by atoms with Gasteiger partial charge in [0.05, 0.1) is 23.2 Å². The van der Waals surface area contributed by atoms with Gasteiger partial charge in [-0.05, 0) is 25.5 Å². The highest BCUT2D eigenvalue weighted by atomic mass is 32.2. The summed E-state index contributed by atoms with van der Waals surface area (Å²) in [5.41, 5.74) is 2.02. The van der Waals surface area contributed by atoms with Gasteiger partial charge in [0.25, 0.3) is 0 Å². The van der Waals surface area contributed by atoms with Crippen LogP contribution in [0.3, 0.4) is 0 Å². The fourth-order valence-corrected chi connectivity index (χ4v) is 4.44. The number of nitrogens with zero attached hydrogens (tertiary/aromatic N) is 2. The van der Waals surface area contributed by atoms with E-state index in [1.807, 2.05) is 41.8 Å². The van der Waals surface area contributed by atoms with E-state index in [0.29, 0.717) is 6.61 Å². The smallest absolute Gasteiger partial charge is 0.219 e. The van der Waals surface area contributed by atoms with E-state index < -0.39 is 0 Å². The van der Waals surface area contributed by atoms with Gasteiger partial charge in [0.1, 0.15) is 0 Å². The number of carbonyl (C=O) groups is 1. The molecule has 2 aliphatic heterocycles. The minimum absolute atomic E-state index is 0.185. The van der Waals surface area contributed by atoms with Crippen molar-refractivity contribution in [2.75, 3.05) is 18.8 Å². The number of hydrogen-bond acceptors (Lipinski definition) is 4. The highest BCUT2D eigenvalue weighted by molar-refractivity contribution is 8.01. The van der Waals surface area contributed by atoms with Gasteiger partial charge in [0.2, 0.25) is 5.91 Å². The Labute approximate surface area is 123 Å². The average Bonchev–Trinajstić information content (AvgIpc) is 2.79. The second-order valence-corrected chi connectivity index (χ2v) is 7.26. The van der Waals surface area contributed by atoms with Crippen molar-refractivity contribution in [1.29, 1.82) is 0 Å². The molecule has 0 unspecified atom stereocenters. The van der Waals surface area contributed by atoms with Crippen LogP contribution in [0.2, 0.25) is 0 Å². The molecule has 0 saturated carbocycles. The highest BCUT2D eigenvalue weighted by Crippen LogP contribution is 2.46. The maximum atomic E-state index is 11.3. The number of rotatable bonds is 3. The Morgan fingerprint density at radius 2 is 2.35 bits per heavy atom. The third-order valence-electron chi connectivity index (χ3n) is 3.99. The molecule has 1 spiro atoms. The number of thioether (sulfide) groups is 1. The highest BCUT2D eigenvalue weighted by Gasteiger charge is 2.50. The van der Waals surface area contributed by atoms with E-state index in [0.717, 1.165) is 36.7 Å². The molecular weight excluding hydrogens is 272 g/mol. The molecule has 1 aromatic heterocycles. The number of aromatic nitrogens is 1. The molecule has 3 rings (SSSR count). The largest absolute Gasteiger partial charge is 0.371 e. The van der Waals surface area contributed by atoms with Crippen LogP contribution in [-0.2, 0) is 16.1 Å². The van der Waals surface area contributed by atoms with Crippen molar-refractivity contribution in [2.45, 2.75) is 37.7 Å². The first-order valence-electron chi connectivity index (χ1n) is 7.00. The molecule has 20 heavy (non-hydrogen) atoms. The SMILES string of the molecule is CC(=O)N1CC2(C[C@H](OCc3cccc(C)n3)CS2)C1. The molecule has 0 bridgehead atoms. The van der Waals surface area contributed by atoms with Gasteiger partial charge < -0.3 is 9.64 Å². The van der Waals surface area contributed by atoms with Crippen molar-refractivity contribution >= 4 is 17.7 Å². The fraction of sp³-hybridized carbons (Fsp3) is 0.600. The van der Waals surface area contributed by atoms with E-state index >= 15 is 0 Å². The lowest BCUT2D eigenvalue weighted by atomic mass is 9.93. The molecule has 0 N–H and O–H groups in total. The third-order valence-corrected chi connectivity index (χ3v) is 5.57. The maximum absolute atomic E-state index is 11.3. The zero-order valence-electron chi connectivity index (χ0n) is 12.0. The zero-order chi connectivity index (χ0) is 14.2. The van der Waals surface area contributed by atoms with E-state index in [-0.39, 0.29) is 16.8 Å². The van der Waals surface area contributed by atoms with Crippen LogP contribution in [0.15, 0.2) is 18.2 Å². The normalized spacial score (nSPS) is 23.9. The minimum Gasteiger partial charge on any atom is -0.371 e. The molecule has 4 nitrogen and oxygen atoms in total. The first kappa shape index (κ1) is 13.9. The van der Waals surface area contributed by atoms with Gasteiger partial charge in [-0.1, -0.05) is 6.07 Å². The van der Waals surface area contributed by atoms with Crippen LogP contribution in [0.25, 0.3) is 0 Å². The summed E-state index contributed by atoms with van der Waals surface area (Å²) in [6.07, 6.45) is 1.34. The van der Waals surface area contributed by atoms with Gasteiger partial charge in [-0.15, -0.1) is 11.8 Å². The summed E-state index contributed by atoms with van der Waals surface area (Å²) in [5.74, 6) is 1.21. The van der Waals surface area contributed by atoms with Crippen molar-refractivity contribution in [3.63, 3.8) is 0 Å². The van der Waals surface area contributed by atoms with Crippen LogP contribution in [0, 0.1) is 6.92 Å². The number of ether oxygens (including phenoxy) is 1. The molecule has 0 aliphatic carbocycles. The third kappa shape index (κ3) is 2.83. The first-order chi connectivity index (χ1) is 9.56. The van der Waals surface area contributed by atoms with Gasteiger partial charge in [0.15, 0.2) is 0 Å². The molecule has 0 aromatic carbocycles. The number of pyridine rings is 1. The van der Waals surface area contributed by atoms with Crippen molar-refractivity contribution in [3.05, 3.63) is 29.6 Å². The number of aryl methyl sites for hydroxylation is 1. The second kappa shape index (κ2) is 5.37. The van der Waals surface area contributed by atoms with Gasteiger partial charge in [-0.2, -0.15) is 0 Å². The van der Waals surface area contributed by atoms with Crippen LogP contribution in [-0.4, -0.2) is 45.5 Å². The van der Waals surface area contributed by atoms with E-state index in [1.165, 1.54) is 0 Å². The summed E-state index contributed by atoms with van der Waals surface area (Å²) in [6, 6.07) is 6.02. The van der Waals surface area contributed by atoms with Gasteiger partial charge in [-0.3, -0.25) is 9.78 Å². The summed E-state index contributed by atoms with van der Waals surface area (Å²) in [6.45, 7) is 5.99. The molecule has 5 heteroatoms. The summed E-state index contributed by atoms with van der Waals surface area (Å²) in [5, 5.41) is 0. The molecule has 2 aliphatic rings. The van der Waals surface area contributed by atoms with Gasteiger partial charge in [0, 0.05) is 31.5 Å². The fourth-order valence-electron chi connectivity index (χ4n) is 2.89. The lowest BCUT2D eigenvalue weighted by molar-refractivity contribution is -0.134. The number of amides is 1. The first-order valence-corrected chi connectivity index (χ1v) is 7.98. The van der Waals surface area contributed by atoms with E-state index in [2.05, 4.69) is 4.98 Å². The molecule has 2 fully saturated rings. The molecule has 0 radical (unpaired) electrons. The number of hydrogen-bond donors (Lipinski definition) is 0. The van der Waals surface area contributed by atoms with E-state index in [4.69, 9.17) is 4.74 Å². The van der Waals surface area contributed by atoms with Crippen LogP contribution in [0.5, 0.6) is 0 Å². The summed E-state index contributed by atoms with van der Waals surface area (Å²) >= 11 is 1.96. The molecular formula is C15H20N2O2S. The molecule has 3 heterocycles. The van der Waals surface area contributed by atoms with Gasteiger partial charge >= 0.3 is 0 Å². The summed E-state index contributed by atoms with van der Waals surface area (Å²) in [4.78, 5) is 17.6. The van der Waals surface area contributed by atoms with E-state index in [1.54, 1.807) is 6.92 Å². The maximum Gasteiger partial charge on any atom is 0.219 e. The lowest BCUT2D eigenvalue weighted by Crippen LogP contribution is -2.60. The Morgan fingerprint density at radius 1 is 1.55 bits per heavy atom. The quantitative estimate of drug-likeness (QED) is 0.855. The molecule has 1 aromatic rings. The Balaban J connectivity index is 1.48. The van der Waals surface area contributed by atoms with E-state index in [9.17, 15) is 4.79 Å². The lowest BCUT2D eigenvalue weighted by Gasteiger charge is -2.47. The van der Waals surface area contributed by atoms with Gasteiger partial charge in [-0.25, -0.2) is 0 Å². The Hall–Kier alpha value is -1.07. The molecule has 2 saturated heterocycles. The monoisotopic (exact) mass is 292 g/mol. The summed E-state index contributed by atoms with van der Waals surface area (Å²) in [7, 11) is 0. The predicted molar refractivity (Wildman–Crippen MR) is 79.6 cm³/mol. The van der Waals surface area contributed by atoms with Crippen LogP contribution < -0.4 is 0 Å². The molecule has 1 atom stereocenters. The average molecular weight is 292 g/mol. The van der Waals surface area contributed by atoms with Crippen molar-refractivity contribution in [3.8, 4) is 0 Å². The Bertz CT molecular complexity index is 514. The van der Waals surface area contributed by atoms with Crippen LogP contribution in [0.4, 0.5) is 0 Å². The summed E-state index contributed by atoms with van der Waals surface area (Å²) < 4.78 is 6.24. The number of carbonyl (C=O) groups excluding carboxylic acids is 1. The zero-order valence-corrected chi connectivity index (χ0v) is 12.8. The second-order valence-electron chi connectivity index (χ2n) is 5.78. The van der Waals surface area contributed by atoms with Crippen molar-refractivity contribution in [2.24, 2.45) is 0 Å². The Kier molecular flexibility index (Phi) is 3.73. The Morgan fingerprint density at radius 3 is 3.05 bits per heavy atom. The van der Waals surface area contributed by atoms with Crippen LogP contribution in [0.1, 0.15) is 24.7 Å². The standard InChI is InChI=1S/C15H20N2O2S/c1-11-4-3-5-13(16-11)7-19-14-6-15(20-8-14)9-17(10-15)12(2)18/h3-5,14H,6-10H2,1-2H3/t14-/m0/s1. The minimum atomic E-state index is 0.185. The van der Waals surface area contributed by atoms with Crippen molar-refractivity contribution < 1.29 is 9.53 Å². The molecule has 108 valence electrons. The number of likely N-dealkylation sites (tertiary alicyclic amines) is 1.